The Labute approximate surface area is 436 Å². The standard InChI is InChI=1S/C40H50N14O10S2.2Na/c55-21-17-41-35-49-37(45-29-7-3-1-4-8-29)53(43-19-23-57)39(51-35)47-31-15-13-27(33(25-31)65(59,60)61)11-12-28-14-16-32(26-34(28)66(62,63)64)48-40-52-36(42-18-22-56)50-38(54(40)44-20-24-58)46-30-9-5-2-6-10-30;;/h1-16,25-26,37-38,43-46,55-58H,17-24H2,(H,59,60,61)(H,62,63,64)(H2,41,47,49,51)(H2,42,48,50,52);;/q;2*+1/p-2/b12-11+;;. The average Bonchev–Trinajstić information content (AvgIpc) is 3.29. The maximum Gasteiger partial charge on any atom is 1.00 e. The van der Waals surface area contributed by atoms with Crippen molar-refractivity contribution in [1.29, 1.82) is 0 Å². The molecule has 2 aliphatic rings. The van der Waals surface area contributed by atoms with Crippen molar-refractivity contribution in [2.24, 2.45) is 20.0 Å². The van der Waals surface area contributed by atoms with Crippen molar-refractivity contribution < 1.29 is 105 Å². The second-order valence-corrected chi connectivity index (χ2v) is 16.5. The van der Waals surface area contributed by atoms with Crippen LogP contribution in [0.3, 0.4) is 0 Å². The number of hydrazine groups is 2. The smallest absolute Gasteiger partial charge is 0.744 e. The van der Waals surface area contributed by atoms with Gasteiger partial charge in [0.15, 0.2) is 12.6 Å². The molecule has 352 valence electrons. The Morgan fingerprint density at radius 3 is 1.29 bits per heavy atom. The summed E-state index contributed by atoms with van der Waals surface area (Å²) >= 11 is 0. The number of aliphatic hydroxyl groups excluding tert-OH is 4. The fourth-order valence-electron chi connectivity index (χ4n) is 6.27. The predicted molar refractivity (Wildman–Crippen MR) is 246 cm³/mol. The number of aliphatic hydroxyl groups is 4. The minimum atomic E-state index is -5.19. The molecule has 68 heavy (non-hydrogen) atoms. The Kier molecular flexibility index (Phi) is 22.1. The van der Waals surface area contributed by atoms with Gasteiger partial charge in [0.25, 0.3) is 0 Å². The van der Waals surface area contributed by atoms with Gasteiger partial charge in [-0.3, -0.25) is 0 Å². The summed E-state index contributed by atoms with van der Waals surface area (Å²) in [7, 11) is -10.4. The van der Waals surface area contributed by atoms with Gasteiger partial charge in [0.2, 0.25) is 23.8 Å². The third-order valence-corrected chi connectivity index (χ3v) is 10.9. The van der Waals surface area contributed by atoms with Crippen molar-refractivity contribution in [3.8, 4) is 0 Å². The number of benzene rings is 4. The van der Waals surface area contributed by atoms with Crippen molar-refractivity contribution in [2.75, 3.05) is 73.9 Å². The van der Waals surface area contributed by atoms with E-state index in [1.165, 1.54) is 46.4 Å². The summed E-state index contributed by atoms with van der Waals surface area (Å²) in [4.78, 5) is 16.0. The molecule has 0 amide bonds. The first-order chi connectivity index (χ1) is 31.8. The van der Waals surface area contributed by atoms with Crippen molar-refractivity contribution in [1.82, 2.24) is 31.5 Å². The number of nitrogens with one attached hydrogen (secondary N) is 8. The van der Waals surface area contributed by atoms with Crippen LogP contribution in [0.1, 0.15) is 11.1 Å². The summed E-state index contributed by atoms with van der Waals surface area (Å²) < 4.78 is 76.3. The van der Waals surface area contributed by atoms with E-state index in [0.717, 1.165) is 12.1 Å². The Morgan fingerprint density at radius 2 is 0.956 bits per heavy atom. The molecule has 4 aromatic carbocycles. The zero-order valence-corrected chi connectivity index (χ0v) is 42.6. The van der Waals surface area contributed by atoms with Gasteiger partial charge in [0.05, 0.1) is 49.3 Å². The second kappa shape index (κ2) is 26.9. The zero-order chi connectivity index (χ0) is 47.1. The average molecular weight is 995 g/mol. The molecule has 12 N–H and O–H groups in total. The first kappa shape index (κ1) is 55.9. The van der Waals surface area contributed by atoms with Crippen LogP contribution < -0.4 is 102 Å². The fourth-order valence-corrected chi connectivity index (χ4v) is 7.66. The summed E-state index contributed by atoms with van der Waals surface area (Å²) in [5.41, 5.74) is 7.23. The van der Waals surface area contributed by atoms with Gasteiger partial charge in [-0.05, 0) is 59.7 Å². The molecular formula is C40H48N14Na2O10S2. The first-order valence-electron chi connectivity index (χ1n) is 20.1. The summed E-state index contributed by atoms with van der Waals surface area (Å²) in [6, 6.07) is 25.7. The number of rotatable bonds is 20. The van der Waals surface area contributed by atoms with E-state index in [1.807, 2.05) is 36.4 Å². The molecular weight excluding hydrogens is 947 g/mol. The molecule has 6 rings (SSSR count). The molecule has 0 saturated carbocycles. The molecule has 24 nitrogen and oxygen atoms in total. The molecule has 0 aromatic heterocycles. The zero-order valence-electron chi connectivity index (χ0n) is 36.9. The van der Waals surface area contributed by atoms with E-state index in [9.17, 15) is 46.4 Å². The molecule has 2 atom stereocenters. The van der Waals surface area contributed by atoms with Crippen LogP contribution in [0.15, 0.2) is 127 Å². The number of hydrogen-bond acceptors (Lipinski definition) is 20. The molecule has 0 aliphatic carbocycles. The third kappa shape index (κ3) is 15.9. The van der Waals surface area contributed by atoms with Gasteiger partial charge in [0.1, 0.15) is 20.2 Å². The Hall–Kier alpha value is -4.72. The van der Waals surface area contributed by atoms with Crippen molar-refractivity contribution in [3.63, 3.8) is 0 Å². The van der Waals surface area contributed by atoms with Gasteiger partial charge in [0, 0.05) is 35.8 Å². The van der Waals surface area contributed by atoms with Crippen LogP contribution in [0.25, 0.3) is 12.2 Å². The van der Waals surface area contributed by atoms with Crippen LogP contribution in [0.4, 0.5) is 22.7 Å². The van der Waals surface area contributed by atoms with Crippen molar-refractivity contribution in [3.05, 3.63) is 108 Å². The molecule has 0 saturated heterocycles. The quantitative estimate of drug-likeness (QED) is 0.0223. The summed E-state index contributed by atoms with van der Waals surface area (Å²) in [5.74, 6) is 0.263. The van der Waals surface area contributed by atoms with Crippen molar-refractivity contribution in [2.45, 2.75) is 22.4 Å². The van der Waals surface area contributed by atoms with E-state index in [4.69, 9.17) is 0 Å². The number of guanidine groups is 4. The number of para-hydroxylation sites is 2. The van der Waals surface area contributed by atoms with E-state index >= 15 is 0 Å². The maximum atomic E-state index is 12.7. The van der Waals surface area contributed by atoms with Crippen LogP contribution in [-0.4, -0.2) is 145 Å². The molecule has 0 fully saturated rings. The van der Waals surface area contributed by atoms with Gasteiger partial charge in [-0.2, -0.15) is 9.98 Å². The monoisotopic (exact) mass is 994 g/mol. The molecule has 2 unspecified atom stereocenters. The summed E-state index contributed by atoms with van der Waals surface area (Å²) in [6.07, 6.45) is 0.730. The van der Waals surface area contributed by atoms with Crippen LogP contribution in [0.2, 0.25) is 0 Å². The van der Waals surface area contributed by atoms with E-state index in [0.29, 0.717) is 11.4 Å². The molecule has 4 aromatic rings. The molecule has 2 aliphatic heterocycles. The minimum Gasteiger partial charge on any atom is -0.744 e. The van der Waals surface area contributed by atoms with Crippen LogP contribution in [0.5, 0.6) is 0 Å². The number of anilines is 4. The van der Waals surface area contributed by atoms with Crippen LogP contribution in [-0.2, 0) is 20.2 Å². The SMILES string of the molecule is O=S(=O)([O-])c1cc(NC2=NC(=NCCO)NC(Nc3ccccc3)N2NCCO)ccc1/C=C/c1ccc(NC2=NC(=NCCO)NC(Nc3ccccc3)N2NCCO)cc1S(=O)(=O)[O-].[Na+].[Na+]. The Morgan fingerprint density at radius 1 is 0.574 bits per heavy atom. The van der Waals surface area contributed by atoms with E-state index < -0.39 is 42.6 Å². The van der Waals surface area contributed by atoms with E-state index in [1.54, 1.807) is 24.3 Å². The van der Waals surface area contributed by atoms with Gasteiger partial charge >= 0.3 is 59.1 Å². The minimum absolute atomic E-state index is 0. The largest absolute Gasteiger partial charge is 1.00 e. The van der Waals surface area contributed by atoms with Gasteiger partial charge in [-0.15, -0.1) is 0 Å². The molecule has 2 heterocycles. The Balaban J connectivity index is 0.00000504. The molecule has 0 spiro atoms. The topological polar surface area (TPSA) is 347 Å². The molecule has 28 heteroatoms. The second-order valence-electron chi connectivity index (χ2n) is 13.8. The number of hydrogen-bond donors (Lipinski definition) is 12. The fraction of sp³-hybridized carbons (Fsp3) is 0.250. The molecule has 0 radical (unpaired) electrons. The van der Waals surface area contributed by atoms with Crippen LogP contribution in [0, 0.1) is 0 Å². The molecule has 0 bridgehead atoms. The van der Waals surface area contributed by atoms with Crippen molar-refractivity contribution >= 4 is 79.0 Å². The van der Waals surface area contributed by atoms with E-state index in [2.05, 4.69) is 62.7 Å². The summed E-state index contributed by atoms with van der Waals surface area (Å²) in [5, 5.41) is 59.7. The third-order valence-electron chi connectivity index (χ3n) is 9.11. The first-order valence-corrected chi connectivity index (χ1v) is 22.9. The predicted octanol–water partition coefficient (Wildman–Crippen LogP) is -6.50. The van der Waals surface area contributed by atoms with Gasteiger partial charge < -0.3 is 61.4 Å². The van der Waals surface area contributed by atoms with E-state index in [-0.39, 0.29) is 158 Å². The summed E-state index contributed by atoms with van der Waals surface area (Å²) in [6.45, 7) is -0.982. The van der Waals surface area contributed by atoms with Crippen LogP contribution >= 0.6 is 0 Å². The maximum absolute atomic E-state index is 12.7. The Bertz CT molecular complexity index is 2490. The number of aliphatic imine (C=N–C) groups is 4. The van der Waals surface area contributed by atoms with Gasteiger partial charge in [-0.25, -0.2) is 47.7 Å². The number of nitrogens with zero attached hydrogens (tertiary/aromatic N) is 6. The van der Waals surface area contributed by atoms with Gasteiger partial charge in [-0.1, -0.05) is 60.7 Å². The normalized spacial score (nSPS) is 17.3.